The summed E-state index contributed by atoms with van der Waals surface area (Å²) >= 11 is 0. The molecule has 2 fully saturated rings. The van der Waals surface area contributed by atoms with Crippen LogP contribution in [0, 0.1) is 0 Å². The van der Waals surface area contributed by atoms with Crippen LogP contribution in [0.2, 0.25) is 0 Å². The van der Waals surface area contributed by atoms with Gasteiger partial charge < -0.3 is 20.3 Å². The van der Waals surface area contributed by atoms with E-state index < -0.39 is 46.8 Å². The third-order valence-corrected chi connectivity index (χ3v) is 8.22. The van der Waals surface area contributed by atoms with Crippen molar-refractivity contribution in [3.63, 3.8) is 0 Å². The fourth-order valence-electron chi connectivity index (χ4n) is 6.02. The van der Waals surface area contributed by atoms with Crippen LogP contribution in [-0.4, -0.2) is 108 Å². The van der Waals surface area contributed by atoms with Gasteiger partial charge in [0.15, 0.2) is 5.78 Å². The quantitative estimate of drug-likeness (QED) is 0.241. The SMILES string of the molecule is Cl.Cl.O=C(c1cc(C(F)(F)F)cc(C(F)(F)F)c1)C1CN(CCO)CCN1C(=O)CN1CCNC(Cc2c[nH]c3ccccc23)C1. The van der Waals surface area contributed by atoms with E-state index in [4.69, 9.17) is 0 Å². The van der Waals surface area contributed by atoms with Crippen molar-refractivity contribution < 1.29 is 41.0 Å². The molecule has 3 aromatic rings. The van der Waals surface area contributed by atoms with E-state index in [2.05, 4.69) is 10.3 Å². The first-order chi connectivity index (χ1) is 20.8. The average molecular weight is 699 g/mol. The van der Waals surface area contributed by atoms with E-state index in [9.17, 15) is 41.0 Å². The number of benzene rings is 2. The summed E-state index contributed by atoms with van der Waals surface area (Å²) in [5.74, 6) is -1.46. The van der Waals surface area contributed by atoms with Gasteiger partial charge in [-0.15, -0.1) is 24.8 Å². The summed E-state index contributed by atoms with van der Waals surface area (Å²) in [6, 6.07) is 7.39. The molecule has 0 bridgehead atoms. The van der Waals surface area contributed by atoms with Crippen LogP contribution >= 0.6 is 24.8 Å². The van der Waals surface area contributed by atoms with E-state index in [1.165, 1.54) is 4.90 Å². The number of hydrogen-bond acceptors (Lipinski definition) is 6. The number of aliphatic hydroxyl groups excluding tert-OH is 1. The number of halogens is 8. The highest BCUT2D eigenvalue weighted by Crippen LogP contribution is 2.37. The number of para-hydroxylation sites is 1. The zero-order valence-corrected chi connectivity index (χ0v) is 26.2. The summed E-state index contributed by atoms with van der Waals surface area (Å²) in [6.07, 6.45) is -7.58. The number of H-pyrrole nitrogens is 1. The summed E-state index contributed by atoms with van der Waals surface area (Å²) in [4.78, 5) is 35.3. The topological polar surface area (TPSA) is 91.9 Å². The lowest BCUT2D eigenvalue weighted by molar-refractivity contribution is -0.143. The molecule has 2 unspecified atom stereocenters. The molecule has 0 radical (unpaired) electrons. The maximum absolute atomic E-state index is 13.6. The molecule has 1 amide bonds. The van der Waals surface area contributed by atoms with E-state index in [-0.39, 0.29) is 76.3 Å². The second-order valence-electron chi connectivity index (χ2n) is 11.2. The number of amides is 1. The highest BCUT2D eigenvalue weighted by atomic mass is 35.5. The number of piperazine rings is 2. The Labute approximate surface area is 273 Å². The number of carbonyl (C=O) groups excluding carboxylic acids is 2. The summed E-state index contributed by atoms with van der Waals surface area (Å²) in [6.45, 7) is 1.67. The lowest BCUT2D eigenvalue weighted by atomic mass is 9.96. The van der Waals surface area contributed by atoms with Crippen LogP contribution in [0.25, 0.3) is 10.9 Å². The van der Waals surface area contributed by atoms with E-state index in [1.807, 2.05) is 35.4 Å². The molecular formula is C30H35Cl2F6N5O3. The Kier molecular flexibility index (Phi) is 12.5. The number of nitrogens with one attached hydrogen (secondary N) is 2. The van der Waals surface area contributed by atoms with Crippen molar-refractivity contribution >= 4 is 47.4 Å². The van der Waals surface area contributed by atoms with Gasteiger partial charge in [-0.3, -0.25) is 19.4 Å². The number of nitrogens with zero attached hydrogens (tertiary/aromatic N) is 3. The van der Waals surface area contributed by atoms with Crippen LogP contribution in [0.5, 0.6) is 0 Å². The molecule has 8 nitrogen and oxygen atoms in total. The molecule has 0 spiro atoms. The van der Waals surface area contributed by atoms with E-state index >= 15 is 0 Å². The van der Waals surface area contributed by atoms with Gasteiger partial charge in [0, 0.05) is 74.5 Å². The molecule has 2 aromatic carbocycles. The minimum atomic E-state index is -5.12. The Hall–Kier alpha value is -2.88. The lowest BCUT2D eigenvalue weighted by Crippen LogP contribution is -2.61. The zero-order valence-electron chi connectivity index (χ0n) is 24.5. The van der Waals surface area contributed by atoms with Gasteiger partial charge in [0.25, 0.3) is 0 Å². The normalized spacial score (nSPS) is 19.8. The number of hydrogen-bond donors (Lipinski definition) is 3. The van der Waals surface area contributed by atoms with Gasteiger partial charge in [-0.2, -0.15) is 26.3 Å². The van der Waals surface area contributed by atoms with Crippen molar-refractivity contribution in [1.82, 2.24) is 25.0 Å². The lowest BCUT2D eigenvalue weighted by Gasteiger charge is -2.42. The molecule has 3 heterocycles. The molecule has 3 N–H and O–H groups in total. The first-order valence-corrected chi connectivity index (χ1v) is 14.3. The molecule has 2 atom stereocenters. The molecule has 0 aliphatic carbocycles. The molecule has 0 saturated carbocycles. The molecule has 1 aromatic heterocycles. The number of β-amino-alcohol motifs (C(OH)–C–C–N with tert-alkyl or cyclic N) is 1. The third kappa shape index (κ3) is 8.72. The second kappa shape index (κ2) is 15.3. The monoisotopic (exact) mass is 697 g/mol. The molecule has 16 heteroatoms. The van der Waals surface area contributed by atoms with Gasteiger partial charge in [0.05, 0.1) is 24.3 Å². The second-order valence-corrected chi connectivity index (χ2v) is 11.2. The third-order valence-electron chi connectivity index (χ3n) is 8.22. The Morgan fingerprint density at radius 2 is 1.57 bits per heavy atom. The largest absolute Gasteiger partial charge is 0.416 e. The number of fused-ring (bicyclic) bond motifs is 1. The molecule has 2 aliphatic heterocycles. The highest BCUT2D eigenvalue weighted by Gasteiger charge is 2.41. The molecule has 254 valence electrons. The van der Waals surface area contributed by atoms with Crippen molar-refractivity contribution in [3.8, 4) is 0 Å². The van der Waals surface area contributed by atoms with Gasteiger partial charge >= 0.3 is 12.4 Å². The Morgan fingerprint density at radius 1 is 0.891 bits per heavy atom. The van der Waals surface area contributed by atoms with E-state index in [1.54, 1.807) is 4.90 Å². The van der Waals surface area contributed by atoms with Crippen molar-refractivity contribution in [2.24, 2.45) is 0 Å². The molecule has 46 heavy (non-hydrogen) atoms. The molecule has 5 rings (SSSR count). The molecule has 2 saturated heterocycles. The Morgan fingerprint density at radius 3 is 2.22 bits per heavy atom. The average Bonchev–Trinajstić information content (AvgIpc) is 3.38. The number of alkyl halides is 6. The van der Waals surface area contributed by atoms with Crippen molar-refractivity contribution in [2.45, 2.75) is 30.9 Å². The molecular weight excluding hydrogens is 663 g/mol. The zero-order chi connectivity index (χ0) is 31.6. The molecule has 2 aliphatic rings. The Balaban J connectivity index is 0.00000288. The van der Waals surface area contributed by atoms with Crippen LogP contribution < -0.4 is 5.32 Å². The first-order valence-electron chi connectivity index (χ1n) is 14.3. The highest BCUT2D eigenvalue weighted by molar-refractivity contribution is 6.02. The van der Waals surface area contributed by atoms with Gasteiger partial charge in [-0.05, 0) is 36.2 Å². The van der Waals surface area contributed by atoms with Crippen LogP contribution in [0.3, 0.4) is 0 Å². The summed E-state index contributed by atoms with van der Waals surface area (Å²) in [5.41, 5.74) is -1.83. The number of rotatable bonds is 8. The number of aromatic nitrogens is 1. The van der Waals surface area contributed by atoms with Gasteiger partial charge in [-0.25, -0.2) is 0 Å². The summed E-state index contributed by atoms with van der Waals surface area (Å²) < 4.78 is 81.0. The fourth-order valence-corrected chi connectivity index (χ4v) is 6.02. The fraction of sp³-hybridized carbons (Fsp3) is 0.467. The Bertz CT molecular complexity index is 1470. The van der Waals surface area contributed by atoms with Crippen LogP contribution in [0.1, 0.15) is 27.0 Å². The minimum absolute atomic E-state index is 0. The van der Waals surface area contributed by atoms with Gasteiger partial charge in [-0.1, -0.05) is 18.2 Å². The van der Waals surface area contributed by atoms with Crippen LogP contribution in [0.15, 0.2) is 48.7 Å². The smallest absolute Gasteiger partial charge is 0.395 e. The first kappa shape index (κ1) is 37.6. The maximum Gasteiger partial charge on any atom is 0.416 e. The predicted molar refractivity (Wildman–Crippen MR) is 165 cm³/mol. The summed E-state index contributed by atoms with van der Waals surface area (Å²) in [7, 11) is 0. The van der Waals surface area contributed by atoms with Gasteiger partial charge in [0.1, 0.15) is 6.04 Å². The standard InChI is InChI=1S/C30H33F6N5O3.2ClH/c31-29(32,33)21-11-19(12-22(14-21)30(34,35)36)28(44)26-17-39(9-10-42)7-8-41(26)27(43)18-40-6-5-37-23(16-40)13-20-15-38-25-4-2-1-3-24(20)25;;/h1-4,11-12,14-15,23,26,37-38,42H,5-10,13,16-18H2;2*1H. The van der Waals surface area contributed by atoms with Crippen molar-refractivity contribution in [1.29, 1.82) is 0 Å². The predicted octanol–water partition coefficient (Wildman–Crippen LogP) is 4.25. The number of Topliss-reactive ketones (excluding diaryl/α,β-unsaturated/α-hetero) is 1. The minimum Gasteiger partial charge on any atom is -0.395 e. The summed E-state index contributed by atoms with van der Waals surface area (Å²) in [5, 5.41) is 14.0. The van der Waals surface area contributed by atoms with Crippen LogP contribution in [0.4, 0.5) is 26.3 Å². The number of aromatic amines is 1. The maximum atomic E-state index is 13.6. The van der Waals surface area contributed by atoms with Crippen molar-refractivity contribution in [3.05, 3.63) is 70.9 Å². The van der Waals surface area contributed by atoms with Gasteiger partial charge in [0.2, 0.25) is 5.91 Å². The number of ketones is 1. The van der Waals surface area contributed by atoms with Crippen molar-refractivity contribution in [2.75, 3.05) is 59.0 Å². The van der Waals surface area contributed by atoms with E-state index in [0.29, 0.717) is 38.2 Å². The number of carbonyl (C=O) groups is 2. The number of aliphatic hydroxyl groups is 1. The van der Waals surface area contributed by atoms with Crippen LogP contribution in [-0.2, 0) is 23.6 Å². The van der Waals surface area contributed by atoms with E-state index in [0.717, 1.165) is 16.5 Å².